The van der Waals surface area contributed by atoms with Crippen molar-refractivity contribution in [2.75, 3.05) is 0 Å². The second-order valence-corrected chi connectivity index (χ2v) is 12.6. The number of benzene rings is 7. The first-order valence-electron chi connectivity index (χ1n) is 16.7. The molecule has 0 aliphatic carbocycles. The SMILES string of the molecule is N#Cc1cc(-c2cc(-c3ccccc3C#N)cc(-n3c4ccccc4c4cc(C#N)ccc43)c2C#N)cc(-n2c3ccccc3c3ccccc32)c1. The van der Waals surface area contributed by atoms with Crippen LogP contribution in [0.5, 0.6) is 0 Å². The fourth-order valence-electron chi connectivity index (χ4n) is 7.60. The van der Waals surface area contributed by atoms with E-state index in [4.69, 9.17) is 0 Å². The van der Waals surface area contributed by atoms with Gasteiger partial charge in [0.15, 0.2) is 0 Å². The lowest BCUT2D eigenvalue weighted by atomic mass is 9.91. The minimum atomic E-state index is 0.411. The minimum Gasteiger partial charge on any atom is -0.309 e. The van der Waals surface area contributed by atoms with Crippen molar-refractivity contribution in [2.45, 2.75) is 0 Å². The van der Waals surface area contributed by atoms with Gasteiger partial charge in [0.1, 0.15) is 6.07 Å². The predicted octanol–water partition coefficient (Wildman–Crippen LogP) is 10.7. The molecule has 0 aliphatic heterocycles. The van der Waals surface area contributed by atoms with Gasteiger partial charge in [-0.3, -0.25) is 0 Å². The Bertz CT molecular complexity index is 3080. The van der Waals surface area contributed by atoms with Crippen LogP contribution in [0.25, 0.3) is 77.2 Å². The lowest BCUT2D eigenvalue weighted by Crippen LogP contribution is -2.02. The first-order valence-corrected chi connectivity index (χ1v) is 16.7. The van der Waals surface area contributed by atoms with Crippen molar-refractivity contribution in [2.24, 2.45) is 0 Å². The number of nitrogens with zero attached hydrogens (tertiary/aromatic N) is 6. The van der Waals surface area contributed by atoms with Crippen molar-refractivity contribution in [1.29, 1.82) is 21.0 Å². The summed E-state index contributed by atoms with van der Waals surface area (Å²) < 4.78 is 4.23. The van der Waals surface area contributed by atoms with Crippen LogP contribution >= 0.6 is 0 Å². The average molecular weight is 661 g/mol. The number of nitriles is 4. The minimum absolute atomic E-state index is 0.411. The van der Waals surface area contributed by atoms with Gasteiger partial charge in [0, 0.05) is 32.8 Å². The molecule has 2 heterocycles. The Labute approximate surface area is 298 Å². The molecule has 52 heavy (non-hydrogen) atoms. The van der Waals surface area contributed by atoms with E-state index in [2.05, 4.69) is 57.7 Å². The number of hydrogen-bond acceptors (Lipinski definition) is 4. The number of hydrogen-bond donors (Lipinski definition) is 0. The number of rotatable bonds is 4. The van der Waals surface area contributed by atoms with Gasteiger partial charge in [0.25, 0.3) is 0 Å². The molecule has 2 aromatic heterocycles. The Hall–Kier alpha value is -7.90. The van der Waals surface area contributed by atoms with E-state index in [-0.39, 0.29) is 0 Å². The van der Waals surface area contributed by atoms with Gasteiger partial charge in [0.2, 0.25) is 0 Å². The summed E-state index contributed by atoms with van der Waals surface area (Å²) in [6, 6.07) is 56.5. The van der Waals surface area contributed by atoms with Crippen LogP contribution in [0.15, 0.2) is 146 Å². The second-order valence-electron chi connectivity index (χ2n) is 12.6. The summed E-state index contributed by atoms with van der Waals surface area (Å²) in [7, 11) is 0. The Morgan fingerprint density at radius 3 is 1.62 bits per heavy atom. The predicted molar refractivity (Wildman–Crippen MR) is 205 cm³/mol. The molecule has 0 saturated heterocycles. The van der Waals surface area contributed by atoms with Gasteiger partial charge in [-0.1, -0.05) is 72.8 Å². The first-order chi connectivity index (χ1) is 25.6. The fraction of sp³-hybridized carbons (Fsp3) is 0. The summed E-state index contributed by atoms with van der Waals surface area (Å²) in [4.78, 5) is 0. The Morgan fingerprint density at radius 1 is 0.385 bits per heavy atom. The molecule has 0 fully saturated rings. The third-order valence-electron chi connectivity index (χ3n) is 9.83. The van der Waals surface area contributed by atoms with E-state index in [1.807, 2.05) is 109 Å². The lowest BCUT2D eigenvalue weighted by molar-refractivity contribution is 1.16. The normalized spacial score (nSPS) is 11.0. The highest BCUT2D eigenvalue weighted by Gasteiger charge is 2.22. The average Bonchev–Trinajstić information content (AvgIpc) is 3.72. The van der Waals surface area contributed by atoms with E-state index in [0.717, 1.165) is 60.4 Å². The summed E-state index contributed by atoms with van der Waals surface area (Å²) >= 11 is 0. The van der Waals surface area contributed by atoms with Crippen molar-refractivity contribution < 1.29 is 0 Å². The highest BCUT2D eigenvalue weighted by molar-refractivity contribution is 6.11. The third-order valence-corrected chi connectivity index (χ3v) is 9.83. The highest BCUT2D eigenvalue weighted by atomic mass is 15.0. The zero-order valence-corrected chi connectivity index (χ0v) is 27.5. The van der Waals surface area contributed by atoms with Crippen molar-refractivity contribution in [3.63, 3.8) is 0 Å². The maximum Gasteiger partial charge on any atom is 0.102 e. The van der Waals surface area contributed by atoms with Crippen LogP contribution in [0.3, 0.4) is 0 Å². The molecular weight excluding hydrogens is 637 g/mol. The van der Waals surface area contributed by atoms with E-state index in [1.165, 1.54) is 0 Å². The Morgan fingerprint density at radius 2 is 0.962 bits per heavy atom. The zero-order chi connectivity index (χ0) is 35.3. The standard InChI is InChI=1S/C46H24N6/c47-25-29-17-18-45-40(21-29)38-13-5-8-16-44(38)52(45)46-24-33(35-10-2-1-9-31(35)27-49)23-39(41(46)28-50)32-19-30(26-48)20-34(22-32)51-42-14-6-3-11-36(42)37-12-4-7-15-43(37)51/h1-24H. The molecule has 0 atom stereocenters. The Kier molecular flexibility index (Phi) is 6.91. The van der Waals surface area contributed by atoms with Crippen LogP contribution in [0.4, 0.5) is 0 Å². The molecule has 9 rings (SSSR count). The van der Waals surface area contributed by atoms with Gasteiger partial charge in [0.05, 0.1) is 68.2 Å². The van der Waals surface area contributed by atoms with Crippen LogP contribution in [0.2, 0.25) is 0 Å². The summed E-state index contributed by atoms with van der Waals surface area (Å²) in [5.74, 6) is 0. The Balaban J connectivity index is 1.40. The van der Waals surface area contributed by atoms with Crippen LogP contribution < -0.4 is 0 Å². The molecule has 0 unspecified atom stereocenters. The van der Waals surface area contributed by atoms with E-state index >= 15 is 0 Å². The summed E-state index contributed by atoms with van der Waals surface area (Å²) in [5.41, 5.74) is 9.83. The maximum atomic E-state index is 11.1. The number of para-hydroxylation sites is 3. The van der Waals surface area contributed by atoms with Crippen molar-refractivity contribution >= 4 is 43.6 Å². The molecular formula is C46H24N6. The molecule has 7 aromatic carbocycles. The highest BCUT2D eigenvalue weighted by Crippen LogP contribution is 2.41. The van der Waals surface area contributed by atoms with Crippen molar-refractivity contribution in [3.05, 3.63) is 168 Å². The van der Waals surface area contributed by atoms with Gasteiger partial charge in [-0.2, -0.15) is 21.0 Å². The summed E-state index contributed by atoms with van der Waals surface area (Å²) in [6.07, 6.45) is 0. The van der Waals surface area contributed by atoms with Gasteiger partial charge in [-0.15, -0.1) is 0 Å². The van der Waals surface area contributed by atoms with E-state index in [1.54, 1.807) is 12.1 Å². The molecule has 0 bridgehead atoms. The lowest BCUT2D eigenvalue weighted by Gasteiger charge is -2.18. The molecule has 238 valence electrons. The fourth-order valence-corrected chi connectivity index (χ4v) is 7.60. The molecule has 6 nitrogen and oxygen atoms in total. The van der Waals surface area contributed by atoms with Crippen molar-refractivity contribution in [1.82, 2.24) is 9.13 Å². The van der Waals surface area contributed by atoms with Gasteiger partial charge < -0.3 is 9.13 Å². The smallest absolute Gasteiger partial charge is 0.102 e. The topological polar surface area (TPSA) is 105 Å². The van der Waals surface area contributed by atoms with Crippen LogP contribution in [0, 0.1) is 45.3 Å². The summed E-state index contributed by atoms with van der Waals surface area (Å²) in [6.45, 7) is 0. The molecule has 0 radical (unpaired) electrons. The van der Waals surface area contributed by atoms with E-state index < -0.39 is 0 Å². The molecule has 6 heteroatoms. The number of aromatic nitrogens is 2. The third kappa shape index (κ3) is 4.54. The second kappa shape index (κ2) is 11.9. The van der Waals surface area contributed by atoms with Crippen LogP contribution in [-0.2, 0) is 0 Å². The maximum absolute atomic E-state index is 11.1. The van der Waals surface area contributed by atoms with E-state index in [0.29, 0.717) is 39.1 Å². The molecule has 0 spiro atoms. The monoisotopic (exact) mass is 660 g/mol. The number of fused-ring (bicyclic) bond motifs is 6. The molecule has 0 N–H and O–H groups in total. The molecule has 0 amide bonds. The van der Waals surface area contributed by atoms with E-state index in [9.17, 15) is 21.0 Å². The first kappa shape index (κ1) is 30.2. The summed E-state index contributed by atoms with van der Waals surface area (Å²) in [5, 5.41) is 45.4. The largest absolute Gasteiger partial charge is 0.309 e. The van der Waals surface area contributed by atoms with Gasteiger partial charge in [-0.05, 0) is 89.5 Å². The molecule has 0 aliphatic rings. The quantitative estimate of drug-likeness (QED) is 0.187. The van der Waals surface area contributed by atoms with Gasteiger partial charge >= 0.3 is 0 Å². The van der Waals surface area contributed by atoms with Crippen molar-refractivity contribution in [3.8, 4) is 57.9 Å². The zero-order valence-electron chi connectivity index (χ0n) is 27.5. The molecule has 9 aromatic rings. The molecule has 0 saturated carbocycles. The van der Waals surface area contributed by atoms with Crippen LogP contribution in [-0.4, -0.2) is 9.13 Å². The van der Waals surface area contributed by atoms with Crippen LogP contribution in [0.1, 0.15) is 22.3 Å². The van der Waals surface area contributed by atoms with Gasteiger partial charge in [-0.25, -0.2) is 0 Å².